The van der Waals surface area contributed by atoms with Crippen molar-refractivity contribution in [3.63, 3.8) is 0 Å². The van der Waals surface area contributed by atoms with Crippen LogP contribution in [0.15, 0.2) is 0 Å². The van der Waals surface area contributed by atoms with Crippen molar-refractivity contribution in [1.82, 2.24) is 5.32 Å². The summed E-state index contributed by atoms with van der Waals surface area (Å²) in [6.45, 7) is 1.15. The standard InChI is InChI=1S/C7H16N4O2.2C2H7NO2S/c8-5(6(12)13)3-1-2-4-11-7(9)10;2*3-1-2-6(4)5/h5H,1-4,8H2,(H,12,13)(H4,9,10,11);2*1-3H2,(H,4,5). The molecule has 0 aliphatic heterocycles. The van der Waals surface area contributed by atoms with Gasteiger partial charge in [-0.05, 0) is 19.3 Å². The van der Waals surface area contributed by atoms with Crippen LogP contribution in [0, 0.1) is 5.41 Å². The number of guanidine groups is 1. The van der Waals surface area contributed by atoms with E-state index in [2.05, 4.69) is 5.32 Å². The summed E-state index contributed by atoms with van der Waals surface area (Å²) < 4.78 is 35.2. The minimum Gasteiger partial charge on any atom is -0.480 e. The molecule has 0 aromatic carbocycles. The minimum atomic E-state index is -1.69. The molecule has 0 amide bonds. The molecular formula is C11H30N6O6S2. The zero-order valence-corrected chi connectivity index (χ0v) is 15.6. The van der Waals surface area contributed by atoms with Crippen molar-refractivity contribution in [2.45, 2.75) is 25.3 Å². The van der Waals surface area contributed by atoms with Crippen molar-refractivity contribution in [2.24, 2.45) is 22.9 Å². The highest BCUT2D eigenvalue weighted by atomic mass is 32.2. The molecule has 0 heterocycles. The molecule has 0 aromatic rings. The molecule has 14 heteroatoms. The maximum atomic E-state index is 10.3. The van der Waals surface area contributed by atoms with Gasteiger partial charge in [-0.2, -0.15) is 0 Å². The lowest BCUT2D eigenvalue weighted by Gasteiger charge is -2.06. The first-order valence-electron chi connectivity index (χ1n) is 7.19. The van der Waals surface area contributed by atoms with Crippen LogP contribution in [0.25, 0.3) is 0 Å². The number of nitrogens with one attached hydrogen (secondary N) is 2. The van der Waals surface area contributed by atoms with E-state index in [0.29, 0.717) is 19.4 Å². The van der Waals surface area contributed by atoms with E-state index in [4.69, 9.17) is 42.6 Å². The van der Waals surface area contributed by atoms with Gasteiger partial charge in [0.25, 0.3) is 0 Å². The molecule has 0 bridgehead atoms. The van der Waals surface area contributed by atoms with Gasteiger partial charge in [0.2, 0.25) is 0 Å². The number of rotatable bonds is 10. The van der Waals surface area contributed by atoms with Gasteiger partial charge in [0, 0.05) is 19.6 Å². The van der Waals surface area contributed by atoms with Crippen LogP contribution in [0.4, 0.5) is 0 Å². The van der Waals surface area contributed by atoms with Crippen LogP contribution in [0.3, 0.4) is 0 Å². The molecule has 3 atom stereocenters. The largest absolute Gasteiger partial charge is 0.480 e. The van der Waals surface area contributed by atoms with Crippen LogP contribution < -0.4 is 28.3 Å². The number of carboxylic acids is 1. The molecule has 13 N–H and O–H groups in total. The highest BCUT2D eigenvalue weighted by molar-refractivity contribution is 7.79. The molecule has 0 spiro atoms. The highest BCUT2D eigenvalue weighted by Crippen LogP contribution is 1.97. The number of carboxylic acid groups (broad SMARTS) is 1. The van der Waals surface area contributed by atoms with Crippen LogP contribution in [-0.4, -0.2) is 71.7 Å². The van der Waals surface area contributed by atoms with Gasteiger partial charge in [0.15, 0.2) is 28.1 Å². The van der Waals surface area contributed by atoms with E-state index in [1.807, 2.05) is 0 Å². The monoisotopic (exact) mass is 406 g/mol. The van der Waals surface area contributed by atoms with Gasteiger partial charge >= 0.3 is 5.97 Å². The van der Waals surface area contributed by atoms with Crippen molar-refractivity contribution >= 4 is 34.1 Å². The Balaban J connectivity index is -0.000000336. The summed E-state index contributed by atoms with van der Waals surface area (Å²) in [5.74, 6) is -0.679. The summed E-state index contributed by atoms with van der Waals surface area (Å²) >= 11 is -3.38. The quantitative estimate of drug-likeness (QED) is 0.0785. The Labute approximate surface area is 152 Å². The summed E-state index contributed by atoms with van der Waals surface area (Å²) in [5.41, 5.74) is 20.1. The van der Waals surface area contributed by atoms with Crippen molar-refractivity contribution in [3.05, 3.63) is 0 Å². The predicted molar refractivity (Wildman–Crippen MR) is 98.8 cm³/mol. The smallest absolute Gasteiger partial charge is 0.320 e. The average molecular weight is 407 g/mol. The van der Waals surface area contributed by atoms with Crippen molar-refractivity contribution in [3.8, 4) is 0 Å². The fourth-order valence-electron chi connectivity index (χ4n) is 1.04. The van der Waals surface area contributed by atoms with Crippen LogP contribution in [0.5, 0.6) is 0 Å². The summed E-state index contributed by atoms with van der Waals surface area (Å²) in [4.78, 5) is 10.3. The van der Waals surface area contributed by atoms with E-state index in [1.54, 1.807) is 0 Å². The average Bonchev–Trinajstić information content (AvgIpc) is 2.47. The second kappa shape index (κ2) is 20.9. The van der Waals surface area contributed by atoms with Gasteiger partial charge in [0.1, 0.15) is 6.04 Å². The SMILES string of the molecule is N=C(N)NCCCCC(N)C(=O)O.NCCS(=O)O.NCCS(=O)O. The molecule has 12 nitrogen and oxygen atoms in total. The molecule has 3 unspecified atom stereocenters. The summed E-state index contributed by atoms with van der Waals surface area (Å²) in [5, 5.41) is 17.9. The predicted octanol–water partition coefficient (Wildman–Crippen LogP) is -2.61. The molecule has 0 rings (SSSR count). The molecule has 0 aromatic heterocycles. The highest BCUT2D eigenvalue weighted by Gasteiger charge is 2.09. The van der Waals surface area contributed by atoms with E-state index in [1.165, 1.54) is 0 Å². The molecule has 25 heavy (non-hydrogen) atoms. The third-order valence-corrected chi connectivity index (χ3v) is 3.33. The molecule has 0 radical (unpaired) electrons. The van der Waals surface area contributed by atoms with Gasteiger partial charge in [0.05, 0.1) is 11.5 Å². The van der Waals surface area contributed by atoms with Crippen molar-refractivity contribution < 1.29 is 27.4 Å². The van der Waals surface area contributed by atoms with E-state index in [9.17, 15) is 13.2 Å². The van der Waals surface area contributed by atoms with Crippen LogP contribution in [0.2, 0.25) is 0 Å². The van der Waals surface area contributed by atoms with Gasteiger partial charge < -0.3 is 42.5 Å². The third kappa shape index (κ3) is 35.0. The number of nitrogens with two attached hydrogens (primary N) is 4. The Kier molecular flexibility index (Phi) is 23.9. The van der Waals surface area contributed by atoms with E-state index >= 15 is 0 Å². The van der Waals surface area contributed by atoms with Crippen molar-refractivity contribution in [2.75, 3.05) is 31.1 Å². The first-order valence-corrected chi connectivity index (χ1v) is 9.74. The molecule has 152 valence electrons. The molecular weight excluding hydrogens is 376 g/mol. The fraction of sp³-hybridized carbons (Fsp3) is 0.818. The first-order chi connectivity index (χ1) is 11.6. The molecule has 0 aliphatic carbocycles. The Morgan fingerprint density at radius 3 is 1.76 bits per heavy atom. The van der Waals surface area contributed by atoms with Crippen LogP contribution in [-0.2, 0) is 27.0 Å². The number of aliphatic carboxylic acids is 1. The summed E-state index contributed by atoms with van der Waals surface area (Å²) in [6, 6.07) is -0.780. The maximum absolute atomic E-state index is 10.3. The number of unbranched alkanes of at least 4 members (excludes halogenated alkanes) is 1. The lowest BCUT2D eigenvalue weighted by atomic mass is 10.1. The second-order valence-electron chi connectivity index (χ2n) is 4.41. The number of carbonyl (C=O) groups is 1. The molecule has 0 saturated carbocycles. The topological polar surface area (TPSA) is 252 Å². The van der Waals surface area contributed by atoms with Crippen LogP contribution >= 0.6 is 0 Å². The minimum absolute atomic E-state index is 0.0671. The van der Waals surface area contributed by atoms with E-state index < -0.39 is 34.2 Å². The fourth-order valence-corrected chi connectivity index (χ4v) is 1.44. The van der Waals surface area contributed by atoms with Gasteiger partial charge in [-0.15, -0.1) is 0 Å². The second-order valence-corrected chi connectivity index (χ2v) is 6.51. The Morgan fingerprint density at radius 2 is 1.52 bits per heavy atom. The zero-order chi connectivity index (χ0) is 20.3. The normalized spacial score (nSPS) is 13.2. The lowest BCUT2D eigenvalue weighted by Crippen LogP contribution is -2.32. The molecule has 0 saturated heterocycles. The summed E-state index contributed by atoms with van der Waals surface area (Å²) in [6.07, 6.45) is 1.93. The molecule has 0 aliphatic rings. The van der Waals surface area contributed by atoms with Gasteiger partial charge in [-0.25, -0.2) is 8.42 Å². The lowest BCUT2D eigenvalue weighted by molar-refractivity contribution is -0.138. The third-order valence-electron chi connectivity index (χ3n) is 2.16. The number of hydrogen-bond acceptors (Lipinski definition) is 7. The first kappa shape index (κ1) is 28.6. The van der Waals surface area contributed by atoms with E-state index in [-0.39, 0.29) is 30.6 Å². The Bertz CT molecular complexity index is 385. The zero-order valence-electron chi connectivity index (χ0n) is 13.9. The van der Waals surface area contributed by atoms with Crippen LogP contribution in [0.1, 0.15) is 19.3 Å². The Hall–Kier alpha value is -1.16. The summed E-state index contributed by atoms with van der Waals surface area (Å²) in [7, 11) is 0. The molecule has 0 fully saturated rings. The number of hydrogen-bond donors (Lipinski definition) is 9. The van der Waals surface area contributed by atoms with E-state index in [0.717, 1.165) is 6.42 Å². The van der Waals surface area contributed by atoms with Gasteiger partial charge in [-0.1, -0.05) is 0 Å². The van der Waals surface area contributed by atoms with Gasteiger partial charge in [-0.3, -0.25) is 10.2 Å². The maximum Gasteiger partial charge on any atom is 0.320 e. The van der Waals surface area contributed by atoms with Crippen molar-refractivity contribution in [1.29, 1.82) is 5.41 Å². The Morgan fingerprint density at radius 1 is 1.08 bits per heavy atom.